The van der Waals surface area contributed by atoms with E-state index >= 15 is 0 Å². The molecule has 1 fully saturated rings. The smallest absolute Gasteiger partial charge is 0.281 e. The maximum Gasteiger partial charge on any atom is 0.281 e. The molecule has 0 aromatic heterocycles. The van der Waals surface area contributed by atoms with Gasteiger partial charge < -0.3 is 5.32 Å². The summed E-state index contributed by atoms with van der Waals surface area (Å²) in [6.07, 6.45) is 1.47. The van der Waals surface area contributed by atoms with Crippen molar-refractivity contribution in [1.29, 1.82) is 0 Å². The molecule has 130 valence electrons. The van der Waals surface area contributed by atoms with Crippen molar-refractivity contribution in [3.8, 4) is 0 Å². The molecule has 1 rings (SSSR count). The van der Waals surface area contributed by atoms with Gasteiger partial charge in [-0.1, -0.05) is 27.7 Å². The van der Waals surface area contributed by atoms with Crippen LogP contribution in [0.25, 0.3) is 0 Å². The Kier molecular flexibility index (Phi) is 6.83. The minimum absolute atomic E-state index is 0.0222. The van der Waals surface area contributed by atoms with E-state index in [-0.39, 0.29) is 24.4 Å². The van der Waals surface area contributed by atoms with E-state index in [4.69, 9.17) is 0 Å². The van der Waals surface area contributed by atoms with Gasteiger partial charge in [0.25, 0.3) is 10.2 Å². The molecule has 0 aliphatic carbocycles. The molecule has 0 unspecified atom stereocenters. The van der Waals surface area contributed by atoms with Gasteiger partial charge in [-0.15, -0.1) is 0 Å². The third-order valence-electron chi connectivity index (χ3n) is 4.29. The summed E-state index contributed by atoms with van der Waals surface area (Å²) in [6.45, 7) is 9.13. The van der Waals surface area contributed by atoms with E-state index in [1.807, 2.05) is 0 Å². The van der Waals surface area contributed by atoms with Crippen LogP contribution in [-0.2, 0) is 15.0 Å². The highest BCUT2D eigenvalue weighted by molar-refractivity contribution is 7.86. The molecular formula is C15H31N3O3S. The van der Waals surface area contributed by atoms with Gasteiger partial charge in [0.1, 0.15) is 0 Å². The zero-order chi connectivity index (χ0) is 17.1. The predicted molar refractivity (Wildman–Crippen MR) is 88.5 cm³/mol. The lowest BCUT2D eigenvalue weighted by Gasteiger charge is -2.34. The van der Waals surface area contributed by atoms with Gasteiger partial charge in [0.2, 0.25) is 5.91 Å². The molecule has 0 bridgehead atoms. The first kappa shape index (κ1) is 19.4. The number of piperidine rings is 1. The molecule has 6 nitrogen and oxygen atoms in total. The second kappa shape index (κ2) is 7.75. The Balaban J connectivity index is 2.75. The summed E-state index contributed by atoms with van der Waals surface area (Å²) in [4.78, 5) is 12.5. The lowest BCUT2D eigenvalue weighted by atomic mass is 9.91. The molecule has 7 heteroatoms. The minimum atomic E-state index is -3.44. The van der Waals surface area contributed by atoms with Crippen molar-refractivity contribution in [2.45, 2.75) is 46.6 Å². The Hall–Kier alpha value is -0.660. The van der Waals surface area contributed by atoms with Gasteiger partial charge in [0, 0.05) is 33.2 Å². The lowest BCUT2D eigenvalue weighted by molar-refractivity contribution is -0.127. The van der Waals surface area contributed by atoms with E-state index in [0.29, 0.717) is 18.4 Å². The van der Waals surface area contributed by atoms with Crippen LogP contribution in [0.5, 0.6) is 0 Å². The minimum Gasteiger partial charge on any atom is -0.353 e. The van der Waals surface area contributed by atoms with Gasteiger partial charge >= 0.3 is 0 Å². The maximum absolute atomic E-state index is 12.5. The molecular weight excluding hydrogens is 302 g/mol. The molecule has 0 radical (unpaired) electrons. The van der Waals surface area contributed by atoms with Crippen molar-refractivity contribution < 1.29 is 13.2 Å². The fourth-order valence-corrected chi connectivity index (χ4v) is 4.17. The maximum atomic E-state index is 12.5. The molecule has 1 N–H and O–H groups in total. The summed E-state index contributed by atoms with van der Waals surface area (Å²) in [5.74, 6) is 0.429. The molecule has 1 heterocycles. The van der Waals surface area contributed by atoms with Crippen molar-refractivity contribution in [3.05, 3.63) is 0 Å². The van der Waals surface area contributed by atoms with Crippen molar-refractivity contribution in [2.75, 3.05) is 27.2 Å². The van der Waals surface area contributed by atoms with E-state index in [1.54, 1.807) is 0 Å². The summed E-state index contributed by atoms with van der Waals surface area (Å²) < 4.78 is 27.0. The van der Waals surface area contributed by atoms with Gasteiger partial charge in [-0.05, 0) is 24.7 Å². The highest BCUT2D eigenvalue weighted by Gasteiger charge is 2.34. The van der Waals surface area contributed by atoms with Gasteiger partial charge in [-0.2, -0.15) is 17.0 Å². The average molecular weight is 333 g/mol. The van der Waals surface area contributed by atoms with Crippen LogP contribution in [0.2, 0.25) is 0 Å². The monoisotopic (exact) mass is 333 g/mol. The second-order valence-electron chi connectivity index (χ2n) is 7.01. The fraction of sp³-hybridized carbons (Fsp3) is 0.933. The van der Waals surface area contributed by atoms with Crippen molar-refractivity contribution in [1.82, 2.24) is 13.9 Å². The Labute approximate surface area is 135 Å². The lowest BCUT2D eigenvalue weighted by Crippen LogP contribution is -2.51. The van der Waals surface area contributed by atoms with Crippen LogP contribution in [0.15, 0.2) is 0 Å². The standard InChI is InChI=1S/C15H31N3O3S/c1-11(2)14(12(3)4)16-15(19)13-8-7-9-18(10-13)22(20,21)17(5)6/h11-14H,7-10H2,1-6H3,(H,16,19)/t13-/m1/s1. The highest BCUT2D eigenvalue weighted by Crippen LogP contribution is 2.21. The van der Waals surface area contributed by atoms with Crippen LogP contribution in [0.3, 0.4) is 0 Å². The third kappa shape index (κ3) is 4.67. The van der Waals surface area contributed by atoms with E-state index in [9.17, 15) is 13.2 Å². The number of hydrogen-bond donors (Lipinski definition) is 1. The van der Waals surface area contributed by atoms with Crippen LogP contribution >= 0.6 is 0 Å². The number of nitrogens with zero attached hydrogens (tertiary/aromatic N) is 2. The second-order valence-corrected chi connectivity index (χ2v) is 9.15. The first-order chi connectivity index (χ1) is 10.1. The summed E-state index contributed by atoms with van der Waals surface area (Å²) in [5.41, 5.74) is 0. The normalized spacial score (nSPS) is 21.1. The molecule has 0 aromatic carbocycles. The first-order valence-electron chi connectivity index (χ1n) is 8.05. The topological polar surface area (TPSA) is 69.7 Å². The quantitative estimate of drug-likeness (QED) is 0.796. The Bertz CT molecular complexity index is 466. The number of rotatable bonds is 6. The molecule has 0 spiro atoms. The van der Waals surface area contributed by atoms with Gasteiger partial charge in [-0.25, -0.2) is 0 Å². The summed E-state index contributed by atoms with van der Waals surface area (Å²) in [7, 11) is -0.400. The molecule has 1 aliphatic heterocycles. The van der Waals surface area contributed by atoms with E-state index in [1.165, 1.54) is 22.7 Å². The van der Waals surface area contributed by atoms with Crippen LogP contribution in [0.1, 0.15) is 40.5 Å². The van der Waals surface area contributed by atoms with Crippen molar-refractivity contribution in [3.63, 3.8) is 0 Å². The van der Waals surface area contributed by atoms with Crippen LogP contribution in [-0.4, -0.2) is 56.2 Å². The molecule has 1 atom stereocenters. The highest BCUT2D eigenvalue weighted by atomic mass is 32.2. The van der Waals surface area contributed by atoms with Crippen molar-refractivity contribution >= 4 is 16.1 Å². The number of amides is 1. The predicted octanol–water partition coefficient (Wildman–Crippen LogP) is 1.30. The van der Waals surface area contributed by atoms with Crippen LogP contribution in [0.4, 0.5) is 0 Å². The van der Waals surface area contributed by atoms with E-state index in [0.717, 1.165) is 12.8 Å². The van der Waals surface area contributed by atoms with Gasteiger partial charge in [-0.3, -0.25) is 4.79 Å². The average Bonchev–Trinajstić information content (AvgIpc) is 2.43. The molecule has 1 amide bonds. The number of carbonyl (C=O) groups is 1. The zero-order valence-corrected chi connectivity index (χ0v) is 15.5. The Morgan fingerprint density at radius 3 is 2.18 bits per heavy atom. The molecule has 1 aliphatic rings. The Morgan fingerprint density at radius 2 is 1.73 bits per heavy atom. The Morgan fingerprint density at radius 1 is 1.18 bits per heavy atom. The number of carbonyl (C=O) groups excluding carboxylic acids is 1. The van der Waals surface area contributed by atoms with Gasteiger partial charge in [0.05, 0.1) is 5.92 Å². The number of nitrogens with one attached hydrogen (secondary N) is 1. The summed E-state index contributed by atoms with van der Waals surface area (Å²) in [5, 5.41) is 3.11. The van der Waals surface area contributed by atoms with Crippen molar-refractivity contribution in [2.24, 2.45) is 17.8 Å². The van der Waals surface area contributed by atoms with Crippen LogP contribution in [0, 0.1) is 17.8 Å². The largest absolute Gasteiger partial charge is 0.353 e. The molecule has 0 aromatic rings. The first-order valence-corrected chi connectivity index (χ1v) is 9.45. The number of hydrogen-bond acceptors (Lipinski definition) is 3. The van der Waals surface area contributed by atoms with Crippen LogP contribution < -0.4 is 5.32 Å². The zero-order valence-electron chi connectivity index (χ0n) is 14.7. The third-order valence-corrected chi connectivity index (χ3v) is 6.20. The molecule has 1 saturated heterocycles. The molecule has 0 saturated carbocycles. The van der Waals surface area contributed by atoms with E-state index < -0.39 is 10.2 Å². The summed E-state index contributed by atoms with van der Waals surface area (Å²) in [6, 6.07) is 0.119. The molecule has 22 heavy (non-hydrogen) atoms. The van der Waals surface area contributed by atoms with E-state index in [2.05, 4.69) is 33.0 Å². The fourth-order valence-electron chi connectivity index (χ4n) is 2.98. The summed E-state index contributed by atoms with van der Waals surface area (Å²) >= 11 is 0. The SMILES string of the molecule is CC(C)C(NC(=O)[C@@H]1CCCN(S(=O)(=O)N(C)C)C1)C(C)C. The van der Waals surface area contributed by atoms with Gasteiger partial charge in [0.15, 0.2) is 0 Å².